The third-order valence-electron chi connectivity index (χ3n) is 3.01. The zero-order chi connectivity index (χ0) is 15.6. The summed E-state index contributed by atoms with van der Waals surface area (Å²) in [7, 11) is 0. The van der Waals surface area contributed by atoms with E-state index in [4.69, 9.17) is 9.47 Å². The van der Waals surface area contributed by atoms with Crippen LogP contribution in [0.5, 0.6) is 17.2 Å². The third-order valence-corrected chi connectivity index (χ3v) is 3.01. The summed E-state index contributed by atoms with van der Waals surface area (Å²) in [5.41, 5.74) is 0. The minimum atomic E-state index is -0.656. The fourth-order valence-electron chi connectivity index (χ4n) is 1.87. The van der Waals surface area contributed by atoms with E-state index in [0.29, 0.717) is 31.9 Å². The van der Waals surface area contributed by atoms with Crippen LogP contribution in [0.3, 0.4) is 0 Å². The van der Waals surface area contributed by atoms with E-state index in [2.05, 4.69) is 5.32 Å². The van der Waals surface area contributed by atoms with E-state index < -0.39 is 6.23 Å². The smallest absolute Gasteiger partial charge is 0.160 e. The Labute approximate surface area is 130 Å². The first-order chi connectivity index (χ1) is 10.8. The van der Waals surface area contributed by atoms with E-state index in [1.807, 2.05) is 30.3 Å². The van der Waals surface area contributed by atoms with Crippen molar-refractivity contribution in [2.45, 2.75) is 12.6 Å². The van der Waals surface area contributed by atoms with Crippen molar-refractivity contribution in [3.05, 3.63) is 54.6 Å². The number of benzene rings is 2. The first-order valence-electron chi connectivity index (χ1n) is 7.26. The van der Waals surface area contributed by atoms with Crippen molar-refractivity contribution in [3.8, 4) is 17.2 Å². The van der Waals surface area contributed by atoms with Crippen LogP contribution in [0.15, 0.2) is 54.6 Å². The fourth-order valence-corrected chi connectivity index (χ4v) is 1.87. The third kappa shape index (κ3) is 5.63. The van der Waals surface area contributed by atoms with Gasteiger partial charge in [-0.2, -0.15) is 0 Å². The Balaban J connectivity index is 1.56. The van der Waals surface area contributed by atoms with Gasteiger partial charge in [-0.05, 0) is 24.3 Å². The maximum atomic E-state index is 9.78. The van der Waals surface area contributed by atoms with Crippen LogP contribution < -0.4 is 14.8 Å². The van der Waals surface area contributed by atoms with E-state index >= 15 is 0 Å². The second-order valence-electron chi connectivity index (χ2n) is 4.74. The number of aliphatic hydroxyl groups is 1. The second-order valence-corrected chi connectivity index (χ2v) is 4.74. The van der Waals surface area contributed by atoms with Gasteiger partial charge in [-0.1, -0.05) is 30.3 Å². The fraction of sp³-hybridized carbons (Fsp3) is 0.294. The number of hydrogen-bond acceptors (Lipinski definition) is 5. The number of aliphatic hydroxyl groups excluding tert-OH is 1. The highest BCUT2D eigenvalue weighted by Crippen LogP contribution is 2.23. The lowest BCUT2D eigenvalue weighted by atomic mass is 10.3. The van der Waals surface area contributed by atoms with Crippen molar-refractivity contribution < 1.29 is 19.7 Å². The quantitative estimate of drug-likeness (QED) is 0.489. The Morgan fingerprint density at radius 1 is 0.909 bits per heavy atom. The molecule has 118 valence electrons. The molecule has 0 heterocycles. The van der Waals surface area contributed by atoms with E-state index in [1.54, 1.807) is 24.3 Å². The average Bonchev–Trinajstić information content (AvgIpc) is 2.54. The topological polar surface area (TPSA) is 71.0 Å². The Morgan fingerprint density at radius 3 is 2.41 bits per heavy atom. The largest absolute Gasteiger partial charge is 0.504 e. The predicted molar refractivity (Wildman–Crippen MR) is 84.2 cm³/mol. The molecule has 0 bridgehead atoms. The summed E-state index contributed by atoms with van der Waals surface area (Å²) in [5, 5.41) is 22.2. The van der Waals surface area contributed by atoms with Gasteiger partial charge in [-0.25, -0.2) is 0 Å². The first-order valence-corrected chi connectivity index (χ1v) is 7.26. The molecule has 22 heavy (non-hydrogen) atoms. The monoisotopic (exact) mass is 303 g/mol. The van der Waals surface area contributed by atoms with Crippen molar-refractivity contribution >= 4 is 0 Å². The molecule has 1 atom stereocenters. The lowest BCUT2D eigenvalue weighted by Crippen LogP contribution is -2.33. The van der Waals surface area contributed by atoms with Crippen LogP contribution in [0.4, 0.5) is 0 Å². The maximum absolute atomic E-state index is 9.78. The van der Waals surface area contributed by atoms with Crippen LogP contribution in [0.2, 0.25) is 0 Å². The molecule has 5 nitrogen and oxygen atoms in total. The molecule has 0 fully saturated rings. The van der Waals surface area contributed by atoms with E-state index in [0.717, 1.165) is 5.75 Å². The Kier molecular flexibility index (Phi) is 6.54. The van der Waals surface area contributed by atoms with Gasteiger partial charge in [0, 0.05) is 13.0 Å². The number of phenolic OH excluding ortho intramolecular Hbond substituents is 1. The minimum Gasteiger partial charge on any atom is -0.504 e. The van der Waals surface area contributed by atoms with E-state index in [9.17, 15) is 10.2 Å². The Bertz CT molecular complexity index is 547. The molecule has 5 heteroatoms. The Morgan fingerprint density at radius 2 is 1.64 bits per heavy atom. The molecular formula is C17H21NO4. The zero-order valence-corrected chi connectivity index (χ0v) is 12.3. The molecule has 1 unspecified atom stereocenters. The maximum Gasteiger partial charge on any atom is 0.160 e. The summed E-state index contributed by atoms with van der Waals surface area (Å²) in [5.74, 6) is 1.34. The molecule has 0 aliphatic rings. The molecule has 0 aliphatic heterocycles. The zero-order valence-electron chi connectivity index (χ0n) is 12.3. The standard InChI is InChI=1S/C17H21NO4/c19-15-8-4-5-9-16(15)22-13-11-18-17(20)10-12-21-14-6-2-1-3-7-14/h1-9,17-20H,10-13H2. The number of rotatable bonds is 9. The van der Waals surface area contributed by atoms with Gasteiger partial charge in [0.15, 0.2) is 11.5 Å². The van der Waals surface area contributed by atoms with Crippen LogP contribution >= 0.6 is 0 Å². The summed E-state index contributed by atoms with van der Waals surface area (Å²) >= 11 is 0. The van der Waals surface area contributed by atoms with Crippen LogP contribution in [0.25, 0.3) is 0 Å². The number of para-hydroxylation sites is 3. The van der Waals surface area contributed by atoms with Crippen molar-refractivity contribution in [1.29, 1.82) is 0 Å². The highest BCUT2D eigenvalue weighted by molar-refractivity contribution is 5.37. The molecule has 0 saturated carbocycles. The molecule has 0 aliphatic carbocycles. The van der Waals surface area contributed by atoms with Crippen LogP contribution in [-0.4, -0.2) is 36.2 Å². The van der Waals surface area contributed by atoms with Gasteiger partial charge in [-0.15, -0.1) is 0 Å². The normalized spacial score (nSPS) is 11.9. The number of aromatic hydroxyl groups is 1. The number of hydrogen-bond donors (Lipinski definition) is 3. The van der Waals surface area contributed by atoms with Crippen LogP contribution in [0.1, 0.15) is 6.42 Å². The molecule has 0 saturated heterocycles. The molecule has 0 aromatic heterocycles. The first kappa shape index (κ1) is 16.1. The van der Waals surface area contributed by atoms with Gasteiger partial charge < -0.3 is 19.7 Å². The molecule has 2 aromatic carbocycles. The molecule has 0 radical (unpaired) electrons. The van der Waals surface area contributed by atoms with Gasteiger partial charge in [0.2, 0.25) is 0 Å². The number of phenols is 1. The lowest BCUT2D eigenvalue weighted by Gasteiger charge is -2.14. The molecule has 0 spiro atoms. The van der Waals surface area contributed by atoms with Crippen LogP contribution in [0, 0.1) is 0 Å². The van der Waals surface area contributed by atoms with Gasteiger partial charge in [0.1, 0.15) is 18.6 Å². The van der Waals surface area contributed by atoms with Crippen molar-refractivity contribution in [1.82, 2.24) is 5.32 Å². The summed E-state index contributed by atoms with van der Waals surface area (Å²) in [6.07, 6.45) is -0.178. The summed E-state index contributed by atoms with van der Waals surface area (Å²) < 4.78 is 10.9. The molecule has 3 N–H and O–H groups in total. The number of nitrogens with one attached hydrogen (secondary N) is 1. The van der Waals surface area contributed by atoms with Gasteiger partial charge in [0.05, 0.1) is 6.61 Å². The van der Waals surface area contributed by atoms with E-state index in [-0.39, 0.29) is 5.75 Å². The average molecular weight is 303 g/mol. The van der Waals surface area contributed by atoms with Crippen LogP contribution in [-0.2, 0) is 0 Å². The number of ether oxygens (including phenoxy) is 2. The highest BCUT2D eigenvalue weighted by atomic mass is 16.5. The molecule has 2 aromatic rings. The van der Waals surface area contributed by atoms with E-state index in [1.165, 1.54) is 0 Å². The SMILES string of the molecule is Oc1ccccc1OCCNC(O)CCOc1ccccc1. The van der Waals surface area contributed by atoms with Crippen molar-refractivity contribution in [2.75, 3.05) is 19.8 Å². The lowest BCUT2D eigenvalue weighted by molar-refractivity contribution is 0.103. The Hall–Kier alpha value is -2.24. The van der Waals surface area contributed by atoms with Gasteiger partial charge in [-0.3, -0.25) is 5.32 Å². The highest BCUT2D eigenvalue weighted by Gasteiger charge is 2.04. The summed E-state index contributed by atoms with van der Waals surface area (Å²) in [6.45, 7) is 1.26. The van der Waals surface area contributed by atoms with Crippen molar-refractivity contribution in [3.63, 3.8) is 0 Å². The molecule has 0 amide bonds. The predicted octanol–water partition coefficient (Wildman–Crippen LogP) is 2.15. The van der Waals surface area contributed by atoms with Gasteiger partial charge in [0.25, 0.3) is 0 Å². The summed E-state index contributed by atoms with van der Waals surface area (Å²) in [6, 6.07) is 16.3. The minimum absolute atomic E-state index is 0.110. The molecular weight excluding hydrogens is 282 g/mol. The van der Waals surface area contributed by atoms with Gasteiger partial charge >= 0.3 is 0 Å². The molecule has 2 rings (SSSR count). The van der Waals surface area contributed by atoms with Crippen molar-refractivity contribution in [2.24, 2.45) is 0 Å². The summed E-state index contributed by atoms with van der Waals surface area (Å²) in [4.78, 5) is 0. The second kappa shape index (κ2) is 8.92.